The predicted octanol–water partition coefficient (Wildman–Crippen LogP) is 3.46. The SMILES string of the molecule is CC(C)(C)OC(=O)NC(CCC(=O)OCc1ccccc1)C(=O)N1C(=O)N(C(=O)OCc2ccccc2)CC1C(=O)O. The molecule has 42 heavy (non-hydrogen) atoms. The average molecular weight is 584 g/mol. The number of carboxylic acid groups (broad SMARTS) is 1. The summed E-state index contributed by atoms with van der Waals surface area (Å²) in [6, 6.07) is 12.9. The van der Waals surface area contributed by atoms with Crippen molar-refractivity contribution in [1.29, 1.82) is 0 Å². The Balaban J connectivity index is 1.73. The Bertz CT molecular complexity index is 1290. The summed E-state index contributed by atoms with van der Waals surface area (Å²) in [6.45, 7) is 3.88. The van der Waals surface area contributed by atoms with Gasteiger partial charge in [-0.1, -0.05) is 60.7 Å². The Morgan fingerprint density at radius 2 is 1.48 bits per heavy atom. The number of urea groups is 1. The Morgan fingerprint density at radius 1 is 0.929 bits per heavy atom. The summed E-state index contributed by atoms with van der Waals surface area (Å²) in [6.07, 6.45) is -2.88. The lowest BCUT2D eigenvalue weighted by Gasteiger charge is -2.26. The van der Waals surface area contributed by atoms with Crippen molar-refractivity contribution in [3.05, 3.63) is 71.8 Å². The van der Waals surface area contributed by atoms with Crippen molar-refractivity contribution in [1.82, 2.24) is 15.1 Å². The molecule has 1 aliphatic rings. The van der Waals surface area contributed by atoms with Crippen LogP contribution in [0.15, 0.2) is 60.7 Å². The van der Waals surface area contributed by atoms with Gasteiger partial charge in [-0.25, -0.2) is 29.0 Å². The third kappa shape index (κ3) is 9.04. The Morgan fingerprint density at radius 3 is 2.00 bits per heavy atom. The first-order valence-electron chi connectivity index (χ1n) is 13.1. The topological polar surface area (TPSA) is 169 Å². The van der Waals surface area contributed by atoms with Crippen LogP contribution in [0.4, 0.5) is 14.4 Å². The Hall–Kier alpha value is -4.94. The lowest BCUT2D eigenvalue weighted by atomic mass is 10.1. The fourth-order valence-corrected chi connectivity index (χ4v) is 3.93. The lowest BCUT2D eigenvalue weighted by Crippen LogP contribution is -2.54. The minimum atomic E-state index is -1.76. The third-order valence-corrected chi connectivity index (χ3v) is 5.92. The number of carboxylic acids is 1. The normalized spacial score (nSPS) is 15.5. The summed E-state index contributed by atoms with van der Waals surface area (Å²) in [5, 5.41) is 12.1. The number of carbonyl (C=O) groups excluding carboxylic acids is 5. The lowest BCUT2D eigenvalue weighted by molar-refractivity contribution is -0.148. The fourth-order valence-electron chi connectivity index (χ4n) is 3.93. The second kappa shape index (κ2) is 14.1. The minimum Gasteiger partial charge on any atom is -0.480 e. The van der Waals surface area contributed by atoms with Crippen molar-refractivity contribution in [3.8, 4) is 0 Å². The van der Waals surface area contributed by atoms with Crippen LogP contribution in [0.25, 0.3) is 0 Å². The van der Waals surface area contributed by atoms with Crippen molar-refractivity contribution in [2.75, 3.05) is 6.54 Å². The zero-order valence-electron chi connectivity index (χ0n) is 23.5. The zero-order chi connectivity index (χ0) is 30.9. The number of aliphatic carboxylic acids is 1. The van der Waals surface area contributed by atoms with E-state index < -0.39 is 60.3 Å². The molecule has 2 atom stereocenters. The Labute approximate surface area is 242 Å². The van der Waals surface area contributed by atoms with Crippen LogP contribution in [0.2, 0.25) is 0 Å². The molecule has 224 valence electrons. The first-order chi connectivity index (χ1) is 19.9. The molecule has 2 unspecified atom stereocenters. The van der Waals surface area contributed by atoms with Gasteiger partial charge in [-0.2, -0.15) is 0 Å². The van der Waals surface area contributed by atoms with E-state index in [1.165, 1.54) is 0 Å². The van der Waals surface area contributed by atoms with Gasteiger partial charge in [0.25, 0.3) is 5.91 Å². The van der Waals surface area contributed by atoms with Crippen LogP contribution in [0.5, 0.6) is 0 Å². The molecule has 0 spiro atoms. The average Bonchev–Trinajstić information content (AvgIpc) is 3.30. The molecule has 1 saturated heterocycles. The second-order valence-corrected chi connectivity index (χ2v) is 10.4. The molecule has 1 aliphatic heterocycles. The standard InChI is InChI=1S/C29H33N3O10/c1-29(2,3)42-26(37)30-21(14-15-23(33)40-17-19-10-6-4-7-11-19)24(34)32-22(25(35)36)16-31(27(32)38)28(39)41-18-20-12-8-5-9-13-20/h4-13,21-22H,14-18H2,1-3H3,(H,30,37)(H,35,36). The molecule has 13 nitrogen and oxygen atoms in total. The van der Waals surface area contributed by atoms with E-state index in [4.69, 9.17) is 14.2 Å². The number of alkyl carbamates (subject to hydrolysis) is 1. The van der Waals surface area contributed by atoms with Gasteiger partial charge in [0.15, 0.2) is 6.04 Å². The summed E-state index contributed by atoms with van der Waals surface area (Å²) in [5.74, 6) is -3.41. The number of rotatable bonds is 10. The summed E-state index contributed by atoms with van der Waals surface area (Å²) < 4.78 is 15.6. The molecule has 5 amide bonds. The minimum absolute atomic E-state index is 0.0243. The largest absolute Gasteiger partial charge is 0.480 e. The van der Waals surface area contributed by atoms with Gasteiger partial charge in [-0.15, -0.1) is 0 Å². The first kappa shape index (κ1) is 31.6. The number of nitrogens with zero attached hydrogens (tertiary/aromatic N) is 2. The van der Waals surface area contributed by atoms with Crippen molar-refractivity contribution in [3.63, 3.8) is 0 Å². The first-order valence-corrected chi connectivity index (χ1v) is 13.1. The molecule has 13 heteroatoms. The fraction of sp³-hybridized carbons (Fsp3) is 0.379. The molecule has 0 aromatic heterocycles. The van der Waals surface area contributed by atoms with E-state index in [-0.39, 0.29) is 26.1 Å². The second-order valence-electron chi connectivity index (χ2n) is 10.4. The maximum Gasteiger partial charge on any atom is 0.418 e. The molecule has 0 radical (unpaired) electrons. The molecule has 1 heterocycles. The molecule has 0 saturated carbocycles. The highest BCUT2D eigenvalue weighted by Crippen LogP contribution is 2.21. The summed E-state index contributed by atoms with van der Waals surface area (Å²) in [4.78, 5) is 77.2. The molecule has 3 rings (SSSR count). The maximum absolute atomic E-state index is 13.6. The van der Waals surface area contributed by atoms with E-state index in [2.05, 4.69) is 5.32 Å². The van der Waals surface area contributed by atoms with Crippen LogP contribution in [0.1, 0.15) is 44.7 Å². The van der Waals surface area contributed by atoms with E-state index in [1.54, 1.807) is 81.4 Å². The quantitative estimate of drug-likeness (QED) is 0.312. The number of amides is 5. The van der Waals surface area contributed by atoms with Crippen LogP contribution in [-0.4, -0.2) is 75.2 Å². The summed E-state index contributed by atoms with van der Waals surface area (Å²) in [5.41, 5.74) is 0.413. The molecule has 2 aromatic carbocycles. The van der Waals surface area contributed by atoms with E-state index >= 15 is 0 Å². The van der Waals surface area contributed by atoms with E-state index in [9.17, 15) is 33.9 Å². The van der Waals surface area contributed by atoms with Gasteiger partial charge in [-0.3, -0.25) is 9.59 Å². The highest BCUT2D eigenvalue weighted by Gasteiger charge is 2.50. The highest BCUT2D eigenvalue weighted by molar-refractivity contribution is 6.08. The monoisotopic (exact) mass is 583 g/mol. The number of hydrogen-bond donors (Lipinski definition) is 2. The zero-order valence-corrected chi connectivity index (χ0v) is 23.5. The van der Waals surface area contributed by atoms with Gasteiger partial charge >= 0.3 is 30.2 Å². The highest BCUT2D eigenvalue weighted by atomic mass is 16.6. The van der Waals surface area contributed by atoms with Crippen molar-refractivity contribution in [2.45, 2.75) is 64.5 Å². The molecule has 2 aromatic rings. The number of benzene rings is 2. The summed E-state index contributed by atoms with van der Waals surface area (Å²) in [7, 11) is 0. The molecular weight excluding hydrogens is 550 g/mol. The Kier molecular flexibility index (Phi) is 10.6. The number of ether oxygens (including phenoxy) is 3. The predicted molar refractivity (Wildman–Crippen MR) is 146 cm³/mol. The molecule has 2 N–H and O–H groups in total. The van der Waals surface area contributed by atoms with Crippen LogP contribution < -0.4 is 5.32 Å². The summed E-state index contributed by atoms with van der Waals surface area (Å²) >= 11 is 0. The van der Waals surface area contributed by atoms with Crippen molar-refractivity contribution < 1.29 is 48.1 Å². The van der Waals surface area contributed by atoms with Gasteiger partial charge in [0.2, 0.25) is 0 Å². The van der Waals surface area contributed by atoms with E-state index in [0.29, 0.717) is 15.4 Å². The van der Waals surface area contributed by atoms with Crippen LogP contribution in [0, 0.1) is 0 Å². The molecule has 0 bridgehead atoms. The van der Waals surface area contributed by atoms with Gasteiger partial charge in [0.05, 0.1) is 6.54 Å². The number of imide groups is 2. The number of carbonyl (C=O) groups is 6. The smallest absolute Gasteiger partial charge is 0.418 e. The molecule has 1 fully saturated rings. The molecule has 0 aliphatic carbocycles. The van der Waals surface area contributed by atoms with Gasteiger partial charge in [-0.05, 0) is 38.3 Å². The van der Waals surface area contributed by atoms with Gasteiger partial charge < -0.3 is 24.6 Å². The van der Waals surface area contributed by atoms with Crippen LogP contribution >= 0.6 is 0 Å². The van der Waals surface area contributed by atoms with Gasteiger partial charge in [0, 0.05) is 6.42 Å². The van der Waals surface area contributed by atoms with Crippen LogP contribution in [0.3, 0.4) is 0 Å². The van der Waals surface area contributed by atoms with Crippen molar-refractivity contribution >= 4 is 36.1 Å². The molecular formula is C29H33N3O10. The number of hydrogen-bond acceptors (Lipinski definition) is 9. The van der Waals surface area contributed by atoms with Crippen LogP contribution in [-0.2, 0) is 41.8 Å². The third-order valence-electron chi connectivity index (χ3n) is 5.92. The number of esters is 1. The maximum atomic E-state index is 13.6. The van der Waals surface area contributed by atoms with Gasteiger partial charge in [0.1, 0.15) is 24.9 Å². The van der Waals surface area contributed by atoms with E-state index in [1.807, 2.05) is 0 Å². The van der Waals surface area contributed by atoms with E-state index in [0.717, 1.165) is 5.56 Å². The number of nitrogens with one attached hydrogen (secondary N) is 1. The van der Waals surface area contributed by atoms with Crippen molar-refractivity contribution in [2.24, 2.45) is 0 Å².